The Labute approximate surface area is 144 Å². The van der Waals surface area contributed by atoms with E-state index >= 15 is 0 Å². The van der Waals surface area contributed by atoms with Crippen LogP contribution in [0.3, 0.4) is 0 Å². The first kappa shape index (κ1) is 16.0. The average molecular weight is 340 g/mol. The molecule has 0 bridgehead atoms. The molecule has 0 saturated carbocycles. The van der Waals surface area contributed by atoms with Crippen molar-refractivity contribution in [1.29, 1.82) is 5.26 Å². The molecule has 120 valence electrons. The van der Waals surface area contributed by atoms with Gasteiger partial charge in [0.15, 0.2) is 5.78 Å². The summed E-state index contributed by atoms with van der Waals surface area (Å²) in [5.74, 6) is 0.544. The molecular weight excluding hydrogens is 326 g/mol. The first-order chi connectivity index (χ1) is 11.6. The Bertz CT molecular complexity index is 939. The van der Waals surface area contributed by atoms with Crippen LogP contribution in [0.25, 0.3) is 10.9 Å². The van der Waals surface area contributed by atoms with E-state index in [9.17, 15) is 4.79 Å². The number of carbonyl (C=O) groups is 1. The molecule has 0 atom stereocenters. The number of ether oxygens (including phenoxy) is 1. The number of nitriles is 1. The van der Waals surface area contributed by atoms with Gasteiger partial charge in [-0.25, -0.2) is 4.98 Å². The lowest BCUT2D eigenvalue weighted by Gasteiger charge is -2.10. The molecule has 3 aromatic rings. The van der Waals surface area contributed by atoms with Crippen molar-refractivity contribution in [2.24, 2.45) is 0 Å². The summed E-state index contributed by atoms with van der Waals surface area (Å²) in [5, 5.41) is 10.00. The van der Waals surface area contributed by atoms with Crippen LogP contribution in [0.4, 0.5) is 0 Å². The number of benzene rings is 1. The second-order valence-corrected chi connectivity index (χ2v) is 5.67. The predicted molar refractivity (Wildman–Crippen MR) is 91.4 cm³/mol. The monoisotopic (exact) mass is 339 g/mol. The molecule has 0 amide bonds. The molecule has 5 nitrogen and oxygen atoms in total. The molecule has 0 radical (unpaired) electrons. The molecule has 2 heterocycles. The fourth-order valence-electron chi connectivity index (χ4n) is 2.61. The Balaban J connectivity index is 2.08. The van der Waals surface area contributed by atoms with E-state index in [1.165, 1.54) is 0 Å². The van der Waals surface area contributed by atoms with E-state index in [1.807, 2.05) is 34.9 Å². The standard InChI is InChI=1S/C18H14ClN3O2/c1-24-14-4-2-12(3-5-14)11-22-15-9-18(19)21-10-13(15)8-16(22)17(23)6-7-20/h2-5,8-10H,6,11H2,1H3. The van der Waals surface area contributed by atoms with Crippen LogP contribution in [0, 0.1) is 11.3 Å². The van der Waals surface area contributed by atoms with Gasteiger partial charge in [0.05, 0.1) is 24.4 Å². The van der Waals surface area contributed by atoms with Crippen LogP contribution in [-0.2, 0) is 6.54 Å². The number of nitrogens with zero attached hydrogens (tertiary/aromatic N) is 3. The zero-order valence-electron chi connectivity index (χ0n) is 13.0. The molecule has 0 saturated heterocycles. The SMILES string of the molecule is COc1ccc(Cn2c(C(=O)CC#N)cc3cnc(Cl)cc32)cc1. The molecule has 24 heavy (non-hydrogen) atoms. The quantitative estimate of drug-likeness (QED) is 0.523. The number of pyridine rings is 1. The van der Waals surface area contributed by atoms with Crippen LogP contribution in [0.15, 0.2) is 42.6 Å². The van der Waals surface area contributed by atoms with Gasteiger partial charge in [-0.1, -0.05) is 23.7 Å². The van der Waals surface area contributed by atoms with Crippen LogP contribution in [0.1, 0.15) is 22.5 Å². The summed E-state index contributed by atoms with van der Waals surface area (Å²) >= 11 is 6.00. The number of hydrogen-bond acceptors (Lipinski definition) is 4. The molecule has 0 aliphatic carbocycles. The number of hydrogen-bond donors (Lipinski definition) is 0. The third kappa shape index (κ3) is 3.10. The number of carbonyl (C=O) groups excluding carboxylic acids is 1. The smallest absolute Gasteiger partial charge is 0.193 e. The zero-order chi connectivity index (χ0) is 17.1. The molecule has 0 spiro atoms. The van der Waals surface area contributed by atoms with Gasteiger partial charge < -0.3 is 9.30 Å². The van der Waals surface area contributed by atoms with Crippen LogP contribution >= 0.6 is 11.6 Å². The normalized spacial score (nSPS) is 10.5. The summed E-state index contributed by atoms with van der Waals surface area (Å²) in [7, 11) is 1.61. The lowest BCUT2D eigenvalue weighted by atomic mass is 10.2. The summed E-state index contributed by atoms with van der Waals surface area (Å²) in [6, 6.07) is 13.0. The Kier molecular flexibility index (Phi) is 4.50. The number of rotatable bonds is 5. The van der Waals surface area contributed by atoms with Crippen molar-refractivity contribution in [2.45, 2.75) is 13.0 Å². The summed E-state index contributed by atoms with van der Waals surface area (Å²) < 4.78 is 7.03. The summed E-state index contributed by atoms with van der Waals surface area (Å²) in [6.07, 6.45) is 1.46. The highest BCUT2D eigenvalue weighted by atomic mass is 35.5. The molecule has 3 rings (SSSR count). The van der Waals surface area contributed by atoms with Gasteiger partial charge in [-0.2, -0.15) is 5.26 Å². The number of fused-ring (bicyclic) bond motifs is 1. The number of aromatic nitrogens is 2. The van der Waals surface area contributed by atoms with Crippen molar-refractivity contribution >= 4 is 28.3 Å². The maximum Gasteiger partial charge on any atom is 0.193 e. The number of Topliss-reactive ketones (excluding diaryl/α,β-unsaturated/α-hetero) is 1. The van der Waals surface area contributed by atoms with E-state index in [2.05, 4.69) is 4.98 Å². The summed E-state index contributed by atoms with van der Waals surface area (Å²) in [6.45, 7) is 0.486. The van der Waals surface area contributed by atoms with Crippen molar-refractivity contribution in [3.8, 4) is 11.8 Å². The summed E-state index contributed by atoms with van der Waals surface area (Å²) in [4.78, 5) is 16.4. The van der Waals surface area contributed by atoms with E-state index < -0.39 is 0 Å². The van der Waals surface area contributed by atoms with Gasteiger partial charge >= 0.3 is 0 Å². The Morgan fingerprint density at radius 2 is 2.08 bits per heavy atom. The number of ketones is 1. The topological polar surface area (TPSA) is 67.9 Å². The van der Waals surface area contributed by atoms with Gasteiger partial charge in [0.2, 0.25) is 0 Å². The third-order valence-corrected chi connectivity index (χ3v) is 3.98. The minimum absolute atomic E-state index is 0.167. The minimum Gasteiger partial charge on any atom is -0.497 e. The first-order valence-electron chi connectivity index (χ1n) is 7.30. The van der Waals surface area contributed by atoms with Crippen molar-refractivity contribution in [3.05, 3.63) is 59.0 Å². The minimum atomic E-state index is -0.224. The lowest BCUT2D eigenvalue weighted by molar-refractivity contribution is 0.0990. The Morgan fingerprint density at radius 1 is 1.33 bits per heavy atom. The maximum atomic E-state index is 12.3. The van der Waals surface area contributed by atoms with E-state index in [-0.39, 0.29) is 12.2 Å². The second kappa shape index (κ2) is 6.73. The lowest BCUT2D eigenvalue weighted by Crippen LogP contribution is -2.09. The Morgan fingerprint density at radius 3 is 2.75 bits per heavy atom. The fraction of sp³-hybridized carbons (Fsp3) is 0.167. The van der Waals surface area contributed by atoms with Crippen LogP contribution in [0.2, 0.25) is 5.15 Å². The van der Waals surface area contributed by atoms with E-state index in [0.29, 0.717) is 17.4 Å². The average Bonchev–Trinajstić information content (AvgIpc) is 2.94. The molecule has 2 aromatic heterocycles. The van der Waals surface area contributed by atoms with Crippen molar-refractivity contribution in [1.82, 2.24) is 9.55 Å². The van der Waals surface area contributed by atoms with Crippen LogP contribution in [-0.4, -0.2) is 22.4 Å². The maximum absolute atomic E-state index is 12.3. The third-order valence-electron chi connectivity index (χ3n) is 3.78. The molecule has 1 aromatic carbocycles. The van der Waals surface area contributed by atoms with Crippen LogP contribution < -0.4 is 4.74 Å². The molecule has 0 aliphatic heterocycles. The van der Waals surface area contributed by atoms with Gasteiger partial charge in [0.1, 0.15) is 17.3 Å². The largest absolute Gasteiger partial charge is 0.497 e. The summed E-state index contributed by atoms with van der Waals surface area (Å²) in [5.41, 5.74) is 2.30. The highest BCUT2D eigenvalue weighted by molar-refractivity contribution is 6.30. The van der Waals surface area contributed by atoms with Crippen molar-refractivity contribution in [3.63, 3.8) is 0 Å². The Hall–Kier alpha value is -2.84. The molecular formula is C18H14ClN3O2. The zero-order valence-corrected chi connectivity index (χ0v) is 13.7. The van der Waals surface area contributed by atoms with Crippen molar-refractivity contribution in [2.75, 3.05) is 7.11 Å². The highest BCUT2D eigenvalue weighted by Crippen LogP contribution is 2.24. The van der Waals surface area contributed by atoms with E-state index in [0.717, 1.165) is 22.2 Å². The van der Waals surface area contributed by atoms with Crippen molar-refractivity contribution < 1.29 is 9.53 Å². The van der Waals surface area contributed by atoms with Gasteiger partial charge in [-0.05, 0) is 29.8 Å². The first-order valence-corrected chi connectivity index (χ1v) is 7.68. The van der Waals surface area contributed by atoms with E-state index in [4.69, 9.17) is 21.6 Å². The van der Waals surface area contributed by atoms with E-state index in [1.54, 1.807) is 25.4 Å². The van der Waals surface area contributed by atoms with Crippen LogP contribution in [0.5, 0.6) is 5.75 Å². The van der Waals surface area contributed by atoms with Gasteiger partial charge in [-0.15, -0.1) is 0 Å². The number of methoxy groups -OCH3 is 1. The van der Waals surface area contributed by atoms with Gasteiger partial charge in [-0.3, -0.25) is 4.79 Å². The highest BCUT2D eigenvalue weighted by Gasteiger charge is 2.16. The molecule has 0 aliphatic rings. The number of halogens is 1. The molecule has 6 heteroatoms. The fourth-order valence-corrected chi connectivity index (χ4v) is 2.76. The molecule has 0 unspecified atom stereocenters. The predicted octanol–water partition coefficient (Wildman–Crippen LogP) is 3.84. The van der Waals surface area contributed by atoms with Gasteiger partial charge in [0.25, 0.3) is 0 Å². The molecule has 0 fully saturated rings. The van der Waals surface area contributed by atoms with Gasteiger partial charge in [0, 0.05) is 18.1 Å². The molecule has 0 N–H and O–H groups in total. The second-order valence-electron chi connectivity index (χ2n) is 5.29.